The first-order chi connectivity index (χ1) is 15.5. The summed E-state index contributed by atoms with van der Waals surface area (Å²) in [5.74, 6) is 0.503. The number of ether oxygens (including phenoxy) is 1. The summed E-state index contributed by atoms with van der Waals surface area (Å²) in [6.07, 6.45) is 0. The van der Waals surface area contributed by atoms with Crippen molar-refractivity contribution in [3.8, 4) is 5.75 Å². The highest BCUT2D eigenvalue weighted by Gasteiger charge is 2.15. The molecule has 7 heteroatoms. The fourth-order valence-corrected chi connectivity index (χ4v) is 4.20. The van der Waals surface area contributed by atoms with E-state index >= 15 is 0 Å². The molecule has 162 valence electrons. The van der Waals surface area contributed by atoms with Crippen LogP contribution in [0, 0.1) is 6.92 Å². The number of carbonyl (C=O) groups excluding carboxylic acids is 1. The number of aryl methyl sites for hydroxylation is 1. The topological polar surface area (TPSA) is 73.2 Å². The number of nitrogens with one attached hydrogen (secondary N) is 1. The third-order valence-corrected chi connectivity index (χ3v) is 5.95. The quantitative estimate of drug-likeness (QED) is 0.335. The Hall–Kier alpha value is -3.58. The molecule has 0 saturated heterocycles. The van der Waals surface area contributed by atoms with Gasteiger partial charge < -0.3 is 10.1 Å². The second-order valence-corrected chi connectivity index (χ2v) is 8.27. The molecule has 4 rings (SSSR count). The van der Waals surface area contributed by atoms with E-state index in [1.165, 1.54) is 11.8 Å². The predicted molar refractivity (Wildman–Crippen MR) is 129 cm³/mol. The summed E-state index contributed by atoms with van der Waals surface area (Å²) in [5.41, 5.74) is 3.11. The Kier molecular flexibility index (Phi) is 6.56. The van der Waals surface area contributed by atoms with Crippen LogP contribution in [0.25, 0.3) is 10.9 Å². The van der Waals surface area contributed by atoms with Gasteiger partial charge in [0, 0.05) is 0 Å². The number of methoxy groups -OCH3 is 1. The second-order valence-electron chi connectivity index (χ2n) is 7.33. The van der Waals surface area contributed by atoms with Crippen molar-refractivity contribution in [2.75, 3.05) is 18.2 Å². The fourth-order valence-electron chi connectivity index (χ4n) is 3.40. The number of rotatable bonds is 7. The monoisotopic (exact) mass is 445 g/mol. The molecule has 6 nitrogen and oxygen atoms in total. The van der Waals surface area contributed by atoms with Gasteiger partial charge in [-0.1, -0.05) is 60.3 Å². The number of nitrogens with zero attached hydrogens (tertiary/aromatic N) is 2. The second kappa shape index (κ2) is 9.70. The lowest BCUT2D eigenvalue weighted by Crippen LogP contribution is -2.25. The average Bonchev–Trinajstić information content (AvgIpc) is 2.81. The molecule has 0 unspecified atom stereocenters. The molecular weight excluding hydrogens is 422 g/mol. The van der Waals surface area contributed by atoms with Crippen LogP contribution >= 0.6 is 11.8 Å². The summed E-state index contributed by atoms with van der Waals surface area (Å²) in [6, 6.07) is 22.6. The maximum absolute atomic E-state index is 13.2. The summed E-state index contributed by atoms with van der Waals surface area (Å²) >= 11 is 1.24. The molecular formula is C25H23N3O3S. The van der Waals surface area contributed by atoms with Crippen molar-refractivity contribution in [3.63, 3.8) is 0 Å². The molecule has 0 aliphatic carbocycles. The Balaban J connectivity index is 1.60. The molecule has 0 saturated carbocycles. The zero-order valence-corrected chi connectivity index (χ0v) is 18.7. The summed E-state index contributed by atoms with van der Waals surface area (Å²) in [5, 5.41) is 3.95. The number of hydrogen-bond donors (Lipinski definition) is 1. The Bertz CT molecular complexity index is 1320. The minimum atomic E-state index is -0.201. The summed E-state index contributed by atoms with van der Waals surface area (Å²) < 4.78 is 6.96. The summed E-state index contributed by atoms with van der Waals surface area (Å²) in [6.45, 7) is 2.33. The molecule has 0 aliphatic rings. The van der Waals surface area contributed by atoms with Gasteiger partial charge in [0.05, 0.1) is 36.0 Å². The Labute approximate surface area is 190 Å². The van der Waals surface area contributed by atoms with Gasteiger partial charge in [-0.15, -0.1) is 0 Å². The Morgan fingerprint density at radius 1 is 1.06 bits per heavy atom. The van der Waals surface area contributed by atoms with Gasteiger partial charge in [0.15, 0.2) is 5.16 Å². The summed E-state index contributed by atoms with van der Waals surface area (Å²) in [7, 11) is 1.57. The van der Waals surface area contributed by atoms with Crippen LogP contribution in [0.2, 0.25) is 0 Å². The number of carbonyl (C=O) groups is 1. The van der Waals surface area contributed by atoms with E-state index in [1.54, 1.807) is 17.7 Å². The molecule has 3 aromatic carbocycles. The molecule has 0 radical (unpaired) electrons. The van der Waals surface area contributed by atoms with E-state index in [1.807, 2.05) is 73.7 Å². The SMILES string of the molecule is COc1ccc(C)cc1NC(=O)CSc1nc2ccccc2c(=O)n1Cc1ccccc1. The number of benzene rings is 3. The molecule has 32 heavy (non-hydrogen) atoms. The zero-order valence-electron chi connectivity index (χ0n) is 17.9. The lowest BCUT2D eigenvalue weighted by atomic mass is 10.2. The van der Waals surface area contributed by atoms with Gasteiger partial charge >= 0.3 is 0 Å². The van der Waals surface area contributed by atoms with Crippen molar-refractivity contribution < 1.29 is 9.53 Å². The van der Waals surface area contributed by atoms with Crippen LogP contribution < -0.4 is 15.6 Å². The lowest BCUT2D eigenvalue weighted by molar-refractivity contribution is -0.113. The van der Waals surface area contributed by atoms with Gasteiger partial charge in [0.2, 0.25) is 5.91 Å². The van der Waals surface area contributed by atoms with E-state index in [0.29, 0.717) is 34.0 Å². The van der Waals surface area contributed by atoms with Crippen molar-refractivity contribution >= 4 is 34.3 Å². The number of aromatic nitrogens is 2. The number of anilines is 1. The van der Waals surface area contributed by atoms with Crippen LogP contribution in [0.3, 0.4) is 0 Å². The maximum Gasteiger partial charge on any atom is 0.262 e. The predicted octanol–water partition coefficient (Wildman–Crippen LogP) is 4.49. The molecule has 1 aromatic heterocycles. The fraction of sp³-hybridized carbons (Fsp3) is 0.160. The van der Waals surface area contributed by atoms with Crippen LogP contribution in [0.5, 0.6) is 5.75 Å². The maximum atomic E-state index is 13.2. The van der Waals surface area contributed by atoms with Crippen LogP contribution in [0.1, 0.15) is 11.1 Å². The lowest BCUT2D eigenvalue weighted by Gasteiger charge is -2.14. The van der Waals surface area contributed by atoms with Gasteiger partial charge in [-0.2, -0.15) is 0 Å². The van der Waals surface area contributed by atoms with Crippen molar-refractivity contribution in [2.24, 2.45) is 0 Å². The van der Waals surface area contributed by atoms with Gasteiger partial charge in [-0.05, 0) is 42.3 Å². The number of hydrogen-bond acceptors (Lipinski definition) is 5. The van der Waals surface area contributed by atoms with E-state index in [0.717, 1.165) is 11.1 Å². The largest absolute Gasteiger partial charge is 0.495 e. The van der Waals surface area contributed by atoms with Crippen LogP contribution in [0.4, 0.5) is 5.69 Å². The molecule has 0 spiro atoms. The van der Waals surface area contributed by atoms with E-state index in [4.69, 9.17) is 4.74 Å². The number of para-hydroxylation sites is 1. The summed E-state index contributed by atoms with van der Waals surface area (Å²) in [4.78, 5) is 30.6. The first kappa shape index (κ1) is 21.6. The molecule has 4 aromatic rings. The van der Waals surface area contributed by atoms with E-state index in [9.17, 15) is 9.59 Å². The molecule has 1 amide bonds. The standard InChI is InChI=1S/C25H23N3O3S/c1-17-12-13-22(31-2)21(14-17)26-23(29)16-32-25-27-20-11-7-6-10-19(20)24(30)28(25)15-18-8-4-3-5-9-18/h3-14H,15-16H2,1-2H3,(H,26,29). The highest BCUT2D eigenvalue weighted by molar-refractivity contribution is 7.99. The van der Waals surface area contributed by atoms with Gasteiger partial charge in [0.1, 0.15) is 5.75 Å². The first-order valence-electron chi connectivity index (χ1n) is 10.2. The van der Waals surface area contributed by atoms with Gasteiger partial charge in [-0.3, -0.25) is 14.2 Å². The Morgan fingerprint density at radius 3 is 2.59 bits per heavy atom. The van der Waals surface area contributed by atoms with Gasteiger partial charge in [0.25, 0.3) is 5.56 Å². The van der Waals surface area contributed by atoms with Crippen molar-refractivity contribution in [2.45, 2.75) is 18.6 Å². The highest BCUT2D eigenvalue weighted by Crippen LogP contribution is 2.26. The van der Waals surface area contributed by atoms with E-state index < -0.39 is 0 Å². The molecule has 0 aliphatic heterocycles. The molecule has 0 bridgehead atoms. The molecule has 1 heterocycles. The number of thioether (sulfide) groups is 1. The number of fused-ring (bicyclic) bond motifs is 1. The third-order valence-electron chi connectivity index (χ3n) is 4.97. The number of amides is 1. The van der Waals surface area contributed by atoms with Crippen LogP contribution in [-0.2, 0) is 11.3 Å². The third kappa shape index (κ3) is 4.84. The molecule has 0 fully saturated rings. The zero-order chi connectivity index (χ0) is 22.5. The minimum absolute atomic E-state index is 0.108. The molecule has 0 atom stereocenters. The van der Waals surface area contributed by atoms with Crippen LogP contribution in [-0.4, -0.2) is 28.3 Å². The Morgan fingerprint density at radius 2 is 1.81 bits per heavy atom. The van der Waals surface area contributed by atoms with E-state index in [2.05, 4.69) is 10.3 Å². The highest BCUT2D eigenvalue weighted by atomic mass is 32.2. The minimum Gasteiger partial charge on any atom is -0.495 e. The smallest absolute Gasteiger partial charge is 0.262 e. The first-order valence-corrected chi connectivity index (χ1v) is 11.1. The van der Waals surface area contributed by atoms with Crippen LogP contribution in [0.15, 0.2) is 82.7 Å². The average molecular weight is 446 g/mol. The van der Waals surface area contributed by atoms with Crippen molar-refractivity contribution in [1.29, 1.82) is 0 Å². The van der Waals surface area contributed by atoms with Crippen molar-refractivity contribution in [1.82, 2.24) is 9.55 Å². The normalized spacial score (nSPS) is 10.8. The van der Waals surface area contributed by atoms with Crippen molar-refractivity contribution in [3.05, 3.63) is 94.3 Å². The molecule has 1 N–H and O–H groups in total. The van der Waals surface area contributed by atoms with Gasteiger partial charge in [-0.25, -0.2) is 4.98 Å². The van der Waals surface area contributed by atoms with E-state index in [-0.39, 0.29) is 17.2 Å².